The van der Waals surface area contributed by atoms with Gasteiger partial charge >= 0.3 is 0 Å². The Morgan fingerprint density at radius 3 is 2.43 bits per heavy atom. The van der Waals surface area contributed by atoms with Crippen LogP contribution in [0.4, 0.5) is 11.6 Å². The van der Waals surface area contributed by atoms with Crippen molar-refractivity contribution in [2.75, 3.05) is 17.2 Å². The van der Waals surface area contributed by atoms with E-state index in [1.165, 1.54) is 0 Å². The van der Waals surface area contributed by atoms with Crippen LogP contribution in [0.5, 0.6) is 0 Å². The van der Waals surface area contributed by atoms with E-state index < -0.39 is 0 Å². The molecule has 2 rings (SSSR count). The van der Waals surface area contributed by atoms with Crippen LogP contribution >= 0.6 is 0 Å². The molecule has 0 aliphatic heterocycles. The van der Waals surface area contributed by atoms with E-state index in [1.807, 2.05) is 11.5 Å². The van der Waals surface area contributed by atoms with Gasteiger partial charge in [0, 0.05) is 25.1 Å². The lowest BCUT2D eigenvalue weighted by atomic mass is 10.3. The Balaban J connectivity index is 2.20. The topological polar surface area (TPSA) is 80.6 Å². The molecule has 2 N–H and O–H groups in total. The van der Waals surface area contributed by atoms with Crippen LogP contribution in [0.2, 0.25) is 0 Å². The van der Waals surface area contributed by atoms with E-state index >= 15 is 0 Å². The molecule has 0 spiro atoms. The zero-order chi connectivity index (χ0) is 15.2. The Kier molecular flexibility index (Phi) is 5.08. The molecule has 0 aliphatic rings. The van der Waals surface area contributed by atoms with Gasteiger partial charge in [0.2, 0.25) is 0 Å². The Morgan fingerprint density at radius 2 is 1.81 bits per heavy atom. The molecule has 0 bridgehead atoms. The second kappa shape index (κ2) is 7.01. The highest BCUT2D eigenvalue weighted by Crippen LogP contribution is 2.20. The molecule has 0 aromatic carbocycles. The van der Waals surface area contributed by atoms with E-state index in [2.05, 4.69) is 51.6 Å². The average Bonchev–Trinajstić information content (AvgIpc) is 2.95. The van der Waals surface area contributed by atoms with Crippen molar-refractivity contribution >= 4 is 11.6 Å². The molecule has 2 heterocycles. The Hall–Kier alpha value is -2.18. The summed E-state index contributed by atoms with van der Waals surface area (Å²) in [5.41, 5.74) is 1.02. The Bertz CT molecular complexity index is 591. The fourth-order valence-electron chi connectivity index (χ4n) is 2.08. The minimum absolute atomic E-state index is 0.598. The Labute approximate surface area is 125 Å². The van der Waals surface area contributed by atoms with Crippen LogP contribution in [0, 0.1) is 6.92 Å². The molecule has 2 aromatic heterocycles. The maximum absolute atomic E-state index is 4.57. The fraction of sp³-hybridized carbons (Fsp3) is 0.571. The fourth-order valence-corrected chi connectivity index (χ4v) is 2.08. The molecule has 0 saturated heterocycles. The van der Waals surface area contributed by atoms with Crippen LogP contribution in [-0.2, 0) is 19.5 Å². The maximum Gasteiger partial charge on any atom is 0.152 e. The second-order valence-corrected chi connectivity index (χ2v) is 4.73. The van der Waals surface area contributed by atoms with Gasteiger partial charge in [-0.2, -0.15) is 0 Å². The molecule has 114 valence electrons. The van der Waals surface area contributed by atoms with Crippen molar-refractivity contribution < 1.29 is 0 Å². The SMILES string of the molecule is CCNc1nc(CC)nc(NCc2nncn2CC)c1C. The number of hydrogen-bond donors (Lipinski definition) is 2. The van der Waals surface area contributed by atoms with Crippen LogP contribution in [0.3, 0.4) is 0 Å². The van der Waals surface area contributed by atoms with Crippen molar-refractivity contribution in [1.82, 2.24) is 24.7 Å². The Morgan fingerprint density at radius 1 is 1.10 bits per heavy atom. The summed E-state index contributed by atoms with van der Waals surface area (Å²) < 4.78 is 2.01. The summed E-state index contributed by atoms with van der Waals surface area (Å²) in [6.07, 6.45) is 2.55. The first-order chi connectivity index (χ1) is 10.2. The standard InChI is InChI=1S/C14H23N7/c1-5-11-18-13(15-6-2)10(4)14(19-11)16-8-12-20-17-9-21(12)7-3/h9H,5-8H2,1-4H3,(H2,15,16,18,19). The monoisotopic (exact) mass is 289 g/mol. The van der Waals surface area contributed by atoms with Gasteiger partial charge < -0.3 is 15.2 Å². The molecular weight excluding hydrogens is 266 g/mol. The van der Waals surface area contributed by atoms with Crippen molar-refractivity contribution in [3.05, 3.63) is 23.5 Å². The highest BCUT2D eigenvalue weighted by molar-refractivity contribution is 5.57. The van der Waals surface area contributed by atoms with Gasteiger partial charge in [-0.05, 0) is 20.8 Å². The number of hydrogen-bond acceptors (Lipinski definition) is 6. The van der Waals surface area contributed by atoms with Gasteiger partial charge in [-0.25, -0.2) is 9.97 Å². The van der Waals surface area contributed by atoms with E-state index in [9.17, 15) is 0 Å². The van der Waals surface area contributed by atoms with Crippen molar-refractivity contribution in [3.63, 3.8) is 0 Å². The van der Waals surface area contributed by atoms with Gasteiger partial charge in [0.05, 0.1) is 6.54 Å². The number of anilines is 2. The van der Waals surface area contributed by atoms with Crippen LogP contribution in [0.1, 0.15) is 38.0 Å². The predicted octanol–water partition coefficient (Wildman–Crippen LogP) is 2.00. The number of aryl methyl sites for hydroxylation is 2. The molecule has 0 unspecified atom stereocenters. The third-order valence-electron chi connectivity index (χ3n) is 3.30. The van der Waals surface area contributed by atoms with Gasteiger partial charge in [0.1, 0.15) is 23.8 Å². The molecule has 0 fully saturated rings. The summed E-state index contributed by atoms with van der Waals surface area (Å²) in [4.78, 5) is 9.09. The summed E-state index contributed by atoms with van der Waals surface area (Å²) in [6, 6.07) is 0. The largest absolute Gasteiger partial charge is 0.370 e. The number of rotatable bonds is 7. The minimum Gasteiger partial charge on any atom is -0.370 e. The summed E-state index contributed by atoms with van der Waals surface area (Å²) in [5, 5.41) is 14.7. The van der Waals surface area contributed by atoms with E-state index in [0.29, 0.717) is 6.54 Å². The first-order valence-electron chi connectivity index (χ1n) is 7.41. The summed E-state index contributed by atoms with van der Waals surface area (Å²) in [7, 11) is 0. The van der Waals surface area contributed by atoms with Gasteiger partial charge in [-0.3, -0.25) is 0 Å². The minimum atomic E-state index is 0.598. The lowest BCUT2D eigenvalue weighted by molar-refractivity contribution is 0.706. The van der Waals surface area contributed by atoms with Crippen LogP contribution < -0.4 is 10.6 Å². The third kappa shape index (κ3) is 3.48. The van der Waals surface area contributed by atoms with E-state index in [4.69, 9.17) is 0 Å². The van der Waals surface area contributed by atoms with Crippen LogP contribution in [-0.4, -0.2) is 31.3 Å². The normalized spacial score (nSPS) is 10.7. The molecule has 0 saturated carbocycles. The molecule has 7 nitrogen and oxygen atoms in total. The summed E-state index contributed by atoms with van der Waals surface area (Å²) >= 11 is 0. The highest BCUT2D eigenvalue weighted by Gasteiger charge is 2.11. The molecule has 0 amide bonds. The zero-order valence-electron chi connectivity index (χ0n) is 13.1. The van der Waals surface area contributed by atoms with E-state index in [-0.39, 0.29) is 0 Å². The van der Waals surface area contributed by atoms with Gasteiger partial charge in [0.15, 0.2) is 5.82 Å². The van der Waals surface area contributed by atoms with Gasteiger partial charge in [-0.1, -0.05) is 6.92 Å². The smallest absolute Gasteiger partial charge is 0.152 e. The third-order valence-corrected chi connectivity index (χ3v) is 3.30. The molecular formula is C14H23N7. The summed E-state index contributed by atoms with van der Waals surface area (Å²) in [6.45, 7) is 10.5. The lowest BCUT2D eigenvalue weighted by Crippen LogP contribution is -2.13. The van der Waals surface area contributed by atoms with Crippen molar-refractivity contribution in [2.24, 2.45) is 0 Å². The summed E-state index contributed by atoms with van der Waals surface area (Å²) in [5.74, 6) is 3.47. The molecule has 0 atom stereocenters. The number of nitrogens with zero attached hydrogens (tertiary/aromatic N) is 5. The second-order valence-electron chi connectivity index (χ2n) is 4.73. The lowest BCUT2D eigenvalue weighted by Gasteiger charge is -2.14. The number of nitrogens with one attached hydrogen (secondary N) is 2. The zero-order valence-corrected chi connectivity index (χ0v) is 13.1. The van der Waals surface area contributed by atoms with Crippen molar-refractivity contribution in [3.8, 4) is 0 Å². The van der Waals surface area contributed by atoms with Crippen LogP contribution in [0.15, 0.2) is 6.33 Å². The molecule has 7 heteroatoms. The van der Waals surface area contributed by atoms with E-state index in [1.54, 1.807) is 6.33 Å². The van der Waals surface area contributed by atoms with Gasteiger partial charge in [-0.15, -0.1) is 10.2 Å². The predicted molar refractivity (Wildman–Crippen MR) is 83.3 cm³/mol. The maximum atomic E-state index is 4.57. The highest BCUT2D eigenvalue weighted by atomic mass is 15.3. The molecule has 0 radical (unpaired) electrons. The van der Waals surface area contributed by atoms with Crippen molar-refractivity contribution in [2.45, 2.75) is 47.2 Å². The molecule has 21 heavy (non-hydrogen) atoms. The van der Waals surface area contributed by atoms with Gasteiger partial charge in [0.25, 0.3) is 0 Å². The first kappa shape index (κ1) is 15.2. The number of aromatic nitrogens is 5. The molecule has 2 aromatic rings. The molecule has 0 aliphatic carbocycles. The quantitative estimate of drug-likeness (QED) is 0.811. The first-order valence-corrected chi connectivity index (χ1v) is 7.41. The van der Waals surface area contributed by atoms with E-state index in [0.717, 1.165) is 48.4 Å². The average molecular weight is 289 g/mol. The van der Waals surface area contributed by atoms with Crippen LogP contribution in [0.25, 0.3) is 0 Å². The van der Waals surface area contributed by atoms with Crippen molar-refractivity contribution in [1.29, 1.82) is 0 Å².